The van der Waals surface area contributed by atoms with Crippen molar-refractivity contribution in [3.05, 3.63) is 303 Å². The molecule has 0 unspecified atom stereocenters. The van der Waals surface area contributed by atoms with Gasteiger partial charge in [0.2, 0.25) is 0 Å². The molecule has 0 N–H and O–H groups in total. The molecule has 91 heavy (non-hydrogen) atoms. The topological polar surface area (TPSA) is 35.6 Å². The van der Waals surface area contributed by atoms with Crippen LogP contribution in [0.3, 0.4) is 0 Å². The normalized spacial score (nSPS) is 12.0. The molecule has 0 aliphatic rings. The maximum absolute atomic E-state index is 5.35. The van der Waals surface area contributed by atoms with Crippen molar-refractivity contribution in [1.29, 1.82) is 0 Å². The van der Waals surface area contributed by atoms with E-state index in [1.165, 1.54) is 128 Å². The van der Waals surface area contributed by atoms with Crippen LogP contribution in [0.25, 0.3) is 184 Å². The third-order valence-corrected chi connectivity index (χ3v) is 21.1. The fraction of sp³-hybridized carbons (Fsp3) is 0.0118. The molecule has 0 atom stereocenters. The SMILES string of the molecule is Cc1nc2c(-c3ccc4sc5cc(-c6c7ccccc7c(-c7ccc(-n8c(-c9ccccc9)nc9ccccc98)cc7)c7ccccc67)ccc5c4c3)cccc2n1-c1ccc(-c2c3ccccc3c(-c3ccc4c(c3)sc3ccccc34)c3ccccc23)cc1. The fourth-order valence-electron chi connectivity index (χ4n) is 14.9. The molecule has 15 aromatic carbocycles. The summed E-state index contributed by atoms with van der Waals surface area (Å²) in [5.74, 6) is 1.88. The molecule has 0 radical (unpaired) electrons. The molecule has 0 amide bonds. The van der Waals surface area contributed by atoms with Crippen LogP contribution in [0.4, 0.5) is 0 Å². The van der Waals surface area contributed by atoms with E-state index in [4.69, 9.17) is 9.97 Å². The lowest BCUT2D eigenvalue weighted by molar-refractivity contribution is 1.00. The number of rotatable bonds is 8. The zero-order valence-electron chi connectivity index (χ0n) is 49.4. The standard InChI is InChI=1S/C85H52N4S2/c1-51-86-84-60(29-17-32-75(84)88(51)58-41-34-52(35-42-58)80-64-21-5-9-25-68(64)82(69-26-10-6-22-65(69)80)56-38-45-62-61-20-13-16-33-76(61)90-78(62)49-56)55-40-47-77-72(48-55)63-46-39-57(50-79(63)91-77)83-70-27-11-7-23-66(70)81(67-24-8-12-28-71(67)83)53-36-43-59(44-37-53)89-74-31-15-14-30-73(74)87-85(89)54-18-3-2-4-19-54/h2-50H,1H3. The lowest BCUT2D eigenvalue weighted by Gasteiger charge is -2.18. The summed E-state index contributed by atoms with van der Waals surface area (Å²) in [6, 6.07) is 109. The maximum Gasteiger partial charge on any atom is 0.145 e. The quantitative estimate of drug-likeness (QED) is 0.142. The molecule has 0 aliphatic carbocycles. The van der Waals surface area contributed by atoms with Crippen molar-refractivity contribution in [2.75, 3.05) is 0 Å². The van der Waals surface area contributed by atoms with Crippen LogP contribution >= 0.6 is 22.7 Å². The van der Waals surface area contributed by atoms with Crippen LogP contribution < -0.4 is 0 Å². The second-order valence-electron chi connectivity index (χ2n) is 23.9. The minimum atomic E-state index is 0.931. The number of benzene rings is 15. The average molecular weight is 1190 g/mol. The van der Waals surface area contributed by atoms with Crippen molar-refractivity contribution < 1.29 is 0 Å². The van der Waals surface area contributed by atoms with E-state index in [0.29, 0.717) is 0 Å². The molecule has 0 saturated heterocycles. The third-order valence-electron chi connectivity index (χ3n) is 18.9. The van der Waals surface area contributed by atoms with Gasteiger partial charge in [-0.1, -0.05) is 224 Å². The first-order valence-electron chi connectivity index (χ1n) is 31.0. The molecule has 19 aromatic rings. The number of nitrogens with zero attached hydrogens (tertiary/aromatic N) is 4. The minimum Gasteiger partial charge on any atom is -0.297 e. The van der Waals surface area contributed by atoms with Crippen LogP contribution in [-0.2, 0) is 0 Å². The molecule has 19 rings (SSSR count). The van der Waals surface area contributed by atoms with Crippen molar-refractivity contribution in [3.63, 3.8) is 0 Å². The first-order valence-corrected chi connectivity index (χ1v) is 32.7. The Balaban J connectivity index is 0.663. The van der Waals surface area contributed by atoms with Gasteiger partial charge in [0.25, 0.3) is 0 Å². The van der Waals surface area contributed by atoms with Gasteiger partial charge in [-0.3, -0.25) is 9.13 Å². The highest BCUT2D eigenvalue weighted by molar-refractivity contribution is 7.26. The zero-order valence-corrected chi connectivity index (χ0v) is 51.0. The predicted molar refractivity (Wildman–Crippen MR) is 389 cm³/mol. The van der Waals surface area contributed by atoms with Crippen molar-refractivity contribution >= 4 is 128 Å². The highest BCUT2D eigenvalue weighted by atomic mass is 32.1. The van der Waals surface area contributed by atoms with E-state index < -0.39 is 0 Å². The summed E-state index contributed by atoms with van der Waals surface area (Å²) in [6.07, 6.45) is 0. The van der Waals surface area contributed by atoms with E-state index in [1.54, 1.807) is 0 Å². The molecule has 0 spiro atoms. The smallest absolute Gasteiger partial charge is 0.145 e. The van der Waals surface area contributed by atoms with Crippen molar-refractivity contribution in [1.82, 2.24) is 19.1 Å². The lowest BCUT2D eigenvalue weighted by Crippen LogP contribution is -1.97. The molecule has 0 bridgehead atoms. The second-order valence-corrected chi connectivity index (χ2v) is 26.1. The van der Waals surface area contributed by atoms with Gasteiger partial charge in [0.1, 0.15) is 11.6 Å². The van der Waals surface area contributed by atoms with Crippen molar-refractivity contribution in [2.24, 2.45) is 0 Å². The lowest BCUT2D eigenvalue weighted by atomic mass is 9.86. The summed E-state index contributed by atoms with van der Waals surface area (Å²) in [5, 5.41) is 15.1. The Morgan fingerprint density at radius 2 is 0.681 bits per heavy atom. The maximum atomic E-state index is 5.35. The number of para-hydroxylation sites is 3. The zero-order chi connectivity index (χ0) is 59.8. The molecule has 6 heteroatoms. The molecular weight excluding hydrogens is 1140 g/mol. The largest absolute Gasteiger partial charge is 0.297 e. The number of fused-ring (bicyclic) bond motifs is 12. The number of hydrogen-bond acceptors (Lipinski definition) is 4. The summed E-state index contributed by atoms with van der Waals surface area (Å²) in [5.41, 5.74) is 19.5. The summed E-state index contributed by atoms with van der Waals surface area (Å²) >= 11 is 3.74. The average Bonchev–Trinajstić information content (AvgIpc) is 1.65. The Hall–Kier alpha value is -11.3. The summed E-state index contributed by atoms with van der Waals surface area (Å²) in [4.78, 5) is 10.5. The monoisotopic (exact) mass is 1190 g/mol. The van der Waals surface area contributed by atoms with E-state index in [2.05, 4.69) is 313 Å². The van der Waals surface area contributed by atoms with Crippen molar-refractivity contribution in [3.8, 4) is 78.4 Å². The number of aromatic nitrogens is 4. The molecule has 0 fully saturated rings. The van der Waals surface area contributed by atoms with Gasteiger partial charge in [0.05, 0.1) is 22.1 Å². The van der Waals surface area contributed by atoms with E-state index in [1.807, 2.05) is 22.7 Å². The predicted octanol–water partition coefficient (Wildman–Crippen LogP) is 24.0. The Bertz CT molecular complexity index is 6090. The van der Waals surface area contributed by atoms with Crippen LogP contribution in [0.5, 0.6) is 0 Å². The van der Waals surface area contributed by atoms with Crippen LogP contribution in [0.1, 0.15) is 5.82 Å². The van der Waals surface area contributed by atoms with Gasteiger partial charge in [-0.15, -0.1) is 22.7 Å². The highest BCUT2D eigenvalue weighted by Crippen LogP contribution is 2.49. The molecular formula is C85H52N4S2. The van der Waals surface area contributed by atoms with E-state index in [0.717, 1.165) is 61.8 Å². The molecule has 0 aliphatic heterocycles. The van der Waals surface area contributed by atoms with Gasteiger partial charge in [0.15, 0.2) is 0 Å². The Kier molecular flexibility index (Phi) is 11.6. The molecule has 4 aromatic heterocycles. The van der Waals surface area contributed by atoms with Crippen LogP contribution in [0, 0.1) is 6.92 Å². The van der Waals surface area contributed by atoms with E-state index >= 15 is 0 Å². The molecule has 0 saturated carbocycles. The first-order chi connectivity index (χ1) is 45.0. The van der Waals surface area contributed by atoms with Crippen LogP contribution in [-0.4, -0.2) is 19.1 Å². The summed E-state index contributed by atoms with van der Waals surface area (Å²) in [6.45, 7) is 2.13. The Morgan fingerprint density at radius 1 is 0.264 bits per heavy atom. The van der Waals surface area contributed by atoms with Crippen LogP contribution in [0.2, 0.25) is 0 Å². The summed E-state index contributed by atoms with van der Waals surface area (Å²) in [7, 11) is 0. The molecule has 424 valence electrons. The van der Waals surface area contributed by atoms with Gasteiger partial charge in [-0.05, 0) is 173 Å². The van der Waals surface area contributed by atoms with Gasteiger partial charge in [0, 0.05) is 62.8 Å². The summed E-state index contributed by atoms with van der Waals surface area (Å²) < 4.78 is 9.77. The van der Waals surface area contributed by atoms with E-state index in [-0.39, 0.29) is 0 Å². The van der Waals surface area contributed by atoms with Gasteiger partial charge in [-0.25, -0.2) is 9.97 Å². The molecule has 4 heterocycles. The van der Waals surface area contributed by atoms with Gasteiger partial charge in [-0.2, -0.15) is 0 Å². The van der Waals surface area contributed by atoms with Gasteiger partial charge >= 0.3 is 0 Å². The Morgan fingerprint density at radius 3 is 1.24 bits per heavy atom. The number of aryl methyl sites for hydroxylation is 1. The Labute approximate surface area is 532 Å². The highest BCUT2D eigenvalue weighted by Gasteiger charge is 2.23. The second kappa shape index (κ2) is 20.4. The minimum absolute atomic E-state index is 0.931. The number of imidazole rings is 2. The van der Waals surface area contributed by atoms with Crippen molar-refractivity contribution in [2.45, 2.75) is 6.92 Å². The van der Waals surface area contributed by atoms with Gasteiger partial charge < -0.3 is 0 Å². The fourth-order valence-corrected chi connectivity index (χ4v) is 17.2. The number of hydrogen-bond donors (Lipinski definition) is 0. The van der Waals surface area contributed by atoms with Crippen LogP contribution in [0.15, 0.2) is 297 Å². The third kappa shape index (κ3) is 8.06. The van der Waals surface area contributed by atoms with E-state index in [9.17, 15) is 0 Å². The molecule has 4 nitrogen and oxygen atoms in total. The first kappa shape index (κ1) is 51.7. The number of thiophene rings is 2.